The molecule has 1 amide bonds. The average molecular weight is 256 g/mol. The summed E-state index contributed by atoms with van der Waals surface area (Å²) >= 11 is 5.72. The van der Waals surface area contributed by atoms with Crippen molar-refractivity contribution in [2.75, 3.05) is 11.9 Å². The highest BCUT2D eigenvalue weighted by atomic mass is 35.5. The van der Waals surface area contributed by atoms with E-state index in [1.807, 2.05) is 0 Å². The van der Waals surface area contributed by atoms with Gasteiger partial charge in [-0.15, -0.1) is 0 Å². The smallest absolute Gasteiger partial charge is 0.226 e. The number of anilines is 1. The molecule has 0 saturated carbocycles. The number of amides is 1. The van der Waals surface area contributed by atoms with Crippen molar-refractivity contribution >= 4 is 23.3 Å². The molecule has 0 aliphatic carbocycles. The van der Waals surface area contributed by atoms with Crippen LogP contribution in [0.25, 0.3) is 0 Å². The van der Waals surface area contributed by atoms with E-state index in [-0.39, 0.29) is 11.4 Å². The Morgan fingerprint density at radius 1 is 1.41 bits per heavy atom. The molecule has 0 atom stereocenters. The van der Waals surface area contributed by atoms with Crippen LogP contribution in [0.3, 0.4) is 0 Å². The lowest BCUT2D eigenvalue weighted by Gasteiger charge is -2.20. The minimum Gasteiger partial charge on any atom is -0.312 e. The molecule has 0 aromatic carbocycles. The largest absolute Gasteiger partial charge is 0.312 e. The van der Waals surface area contributed by atoms with Gasteiger partial charge < -0.3 is 10.6 Å². The molecule has 0 unspecified atom stereocenters. The van der Waals surface area contributed by atoms with E-state index in [1.54, 1.807) is 18.2 Å². The molecule has 1 rings (SSSR count). The third-order valence-electron chi connectivity index (χ3n) is 1.99. The number of nitrogens with zero attached hydrogens (tertiary/aromatic N) is 1. The zero-order chi connectivity index (χ0) is 12.9. The van der Waals surface area contributed by atoms with Crippen LogP contribution in [0, 0.1) is 0 Å². The summed E-state index contributed by atoms with van der Waals surface area (Å²) in [7, 11) is 0. The molecule has 4 nitrogen and oxygen atoms in total. The molecular formula is C12H18ClN3O. The van der Waals surface area contributed by atoms with Crippen molar-refractivity contribution in [3.63, 3.8) is 0 Å². The van der Waals surface area contributed by atoms with Gasteiger partial charge in [0.05, 0.1) is 0 Å². The maximum absolute atomic E-state index is 11.6. The monoisotopic (exact) mass is 255 g/mol. The highest BCUT2D eigenvalue weighted by molar-refractivity contribution is 6.29. The van der Waals surface area contributed by atoms with E-state index in [4.69, 9.17) is 11.6 Å². The molecule has 0 spiro atoms. The molecule has 94 valence electrons. The van der Waals surface area contributed by atoms with Gasteiger partial charge in [-0.2, -0.15) is 0 Å². The number of nitrogens with one attached hydrogen (secondary N) is 2. The Bertz CT molecular complexity index is 388. The molecule has 0 aliphatic heterocycles. The number of carbonyl (C=O) groups excluding carboxylic acids is 1. The van der Waals surface area contributed by atoms with Crippen molar-refractivity contribution in [1.82, 2.24) is 10.3 Å². The molecular weight excluding hydrogens is 238 g/mol. The molecule has 0 fully saturated rings. The summed E-state index contributed by atoms with van der Waals surface area (Å²) in [6.07, 6.45) is 0.408. The van der Waals surface area contributed by atoms with Gasteiger partial charge in [-0.25, -0.2) is 4.98 Å². The van der Waals surface area contributed by atoms with Crippen LogP contribution in [0.2, 0.25) is 5.15 Å². The van der Waals surface area contributed by atoms with Crippen molar-refractivity contribution < 1.29 is 4.79 Å². The van der Waals surface area contributed by atoms with Gasteiger partial charge in [0.15, 0.2) is 0 Å². The quantitative estimate of drug-likeness (QED) is 0.813. The summed E-state index contributed by atoms with van der Waals surface area (Å²) in [6, 6.07) is 5.12. The molecule has 1 aromatic heterocycles. The van der Waals surface area contributed by atoms with Crippen LogP contribution in [0.5, 0.6) is 0 Å². The third-order valence-corrected chi connectivity index (χ3v) is 2.20. The highest BCUT2D eigenvalue weighted by Gasteiger charge is 2.09. The van der Waals surface area contributed by atoms with E-state index in [1.165, 1.54) is 0 Å². The number of pyridine rings is 1. The fraction of sp³-hybridized carbons (Fsp3) is 0.500. The van der Waals surface area contributed by atoms with Gasteiger partial charge in [0.25, 0.3) is 0 Å². The van der Waals surface area contributed by atoms with Crippen molar-refractivity contribution in [3.8, 4) is 0 Å². The molecule has 5 heteroatoms. The van der Waals surface area contributed by atoms with E-state index < -0.39 is 0 Å². The number of carbonyl (C=O) groups is 1. The SMILES string of the molecule is CC(C)(C)NCCC(=O)Nc1cccc(Cl)n1. The fourth-order valence-electron chi connectivity index (χ4n) is 1.23. The lowest BCUT2D eigenvalue weighted by molar-refractivity contribution is -0.116. The van der Waals surface area contributed by atoms with Crippen LogP contribution in [-0.4, -0.2) is 23.0 Å². The van der Waals surface area contributed by atoms with Gasteiger partial charge in [-0.1, -0.05) is 17.7 Å². The van der Waals surface area contributed by atoms with E-state index in [9.17, 15) is 4.79 Å². The summed E-state index contributed by atoms with van der Waals surface area (Å²) in [5.41, 5.74) is 0.0224. The van der Waals surface area contributed by atoms with E-state index in [2.05, 4.69) is 36.4 Å². The van der Waals surface area contributed by atoms with E-state index in [0.29, 0.717) is 23.9 Å². The van der Waals surface area contributed by atoms with Crippen LogP contribution >= 0.6 is 11.6 Å². The Morgan fingerprint density at radius 3 is 2.71 bits per heavy atom. The van der Waals surface area contributed by atoms with Gasteiger partial charge in [0.1, 0.15) is 11.0 Å². The predicted molar refractivity (Wildman–Crippen MR) is 70.2 cm³/mol. The second kappa shape index (κ2) is 5.98. The van der Waals surface area contributed by atoms with Crippen LogP contribution in [0.4, 0.5) is 5.82 Å². The maximum Gasteiger partial charge on any atom is 0.226 e. The maximum atomic E-state index is 11.6. The first-order chi connectivity index (χ1) is 7.87. The minimum absolute atomic E-state index is 0.0224. The first-order valence-electron chi connectivity index (χ1n) is 5.54. The third kappa shape index (κ3) is 6.24. The molecule has 1 heterocycles. The number of hydrogen-bond acceptors (Lipinski definition) is 3. The van der Waals surface area contributed by atoms with Crippen molar-refractivity contribution in [2.45, 2.75) is 32.7 Å². The van der Waals surface area contributed by atoms with Gasteiger partial charge in [0, 0.05) is 18.5 Å². The molecule has 17 heavy (non-hydrogen) atoms. The Balaban J connectivity index is 2.35. The van der Waals surface area contributed by atoms with E-state index in [0.717, 1.165) is 0 Å². The highest BCUT2D eigenvalue weighted by Crippen LogP contribution is 2.09. The Labute approximate surface area is 107 Å². The minimum atomic E-state index is -0.0727. The number of halogens is 1. The van der Waals surface area contributed by atoms with Gasteiger partial charge in [-0.3, -0.25) is 4.79 Å². The number of rotatable bonds is 4. The lowest BCUT2D eigenvalue weighted by Crippen LogP contribution is -2.37. The van der Waals surface area contributed by atoms with Crippen LogP contribution in [0.15, 0.2) is 18.2 Å². The normalized spacial score (nSPS) is 11.3. The van der Waals surface area contributed by atoms with Gasteiger partial charge in [-0.05, 0) is 32.9 Å². The summed E-state index contributed by atoms with van der Waals surface area (Å²) in [5.74, 6) is 0.412. The standard InChI is InChI=1S/C12H18ClN3O/c1-12(2,3)14-8-7-11(17)16-10-6-4-5-9(13)15-10/h4-6,14H,7-8H2,1-3H3,(H,15,16,17). The lowest BCUT2D eigenvalue weighted by atomic mass is 10.1. The summed E-state index contributed by atoms with van der Waals surface area (Å²) in [5, 5.41) is 6.31. The molecule has 2 N–H and O–H groups in total. The van der Waals surface area contributed by atoms with Crippen molar-refractivity contribution in [2.24, 2.45) is 0 Å². The first-order valence-corrected chi connectivity index (χ1v) is 5.92. The Morgan fingerprint density at radius 2 is 2.12 bits per heavy atom. The van der Waals surface area contributed by atoms with E-state index >= 15 is 0 Å². The molecule has 0 saturated heterocycles. The number of aromatic nitrogens is 1. The van der Waals surface area contributed by atoms with Gasteiger partial charge in [0.2, 0.25) is 5.91 Å². The zero-order valence-electron chi connectivity index (χ0n) is 10.4. The van der Waals surface area contributed by atoms with Crippen LogP contribution in [-0.2, 0) is 4.79 Å². The molecule has 0 bridgehead atoms. The van der Waals surface area contributed by atoms with Crippen LogP contribution < -0.4 is 10.6 Å². The summed E-state index contributed by atoms with van der Waals surface area (Å²) in [4.78, 5) is 15.6. The van der Waals surface area contributed by atoms with Crippen molar-refractivity contribution in [1.29, 1.82) is 0 Å². The fourth-order valence-corrected chi connectivity index (χ4v) is 1.40. The summed E-state index contributed by atoms with van der Waals surface area (Å²) < 4.78 is 0. The second-order valence-corrected chi connectivity index (χ2v) is 5.21. The topological polar surface area (TPSA) is 54.0 Å². The molecule has 1 aromatic rings. The zero-order valence-corrected chi connectivity index (χ0v) is 11.1. The van der Waals surface area contributed by atoms with Gasteiger partial charge >= 0.3 is 0 Å². The number of hydrogen-bond donors (Lipinski definition) is 2. The first kappa shape index (κ1) is 13.9. The molecule has 0 aliphatic rings. The Hall–Kier alpha value is -1.13. The van der Waals surface area contributed by atoms with Crippen LogP contribution in [0.1, 0.15) is 27.2 Å². The summed E-state index contributed by atoms with van der Waals surface area (Å²) in [6.45, 7) is 6.81. The average Bonchev–Trinajstić information content (AvgIpc) is 2.15. The predicted octanol–water partition coefficient (Wildman–Crippen LogP) is 2.45. The second-order valence-electron chi connectivity index (χ2n) is 4.82. The Kier molecular flexibility index (Phi) is 4.90. The van der Waals surface area contributed by atoms with Crippen molar-refractivity contribution in [3.05, 3.63) is 23.4 Å². The molecule has 0 radical (unpaired) electrons.